The molecule has 0 radical (unpaired) electrons. The zero-order chi connectivity index (χ0) is 23.4. The van der Waals surface area contributed by atoms with Crippen molar-refractivity contribution in [2.45, 2.75) is 19.6 Å². The van der Waals surface area contributed by atoms with Crippen LogP contribution in [0, 0.1) is 0 Å². The highest BCUT2D eigenvalue weighted by Gasteiger charge is 2.22. The van der Waals surface area contributed by atoms with Crippen LogP contribution in [0.4, 0.5) is 17.1 Å². The van der Waals surface area contributed by atoms with Crippen LogP contribution < -0.4 is 4.90 Å². The van der Waals surface area contributed by atoms with Crippen molar-refractivity contribution in [1.29, 1.82) is 0 Å². The topological polar surface area (TPSA) is 3.24 Å². The second-order valence-corrected chi connectivity index (χ2v) is 12.0. The van der Waals surface area contributed by atoms with Crippen LogP contribution in [0.25, 0.3) is 20.2 Å². The number of hydrogen-bond acceptors (Lipinski definition) is 4. The first-order valence-electron chi connectivity index (χ1n) is 11.3. The van der Waals surface area contributed by atoms with E-state index >= 15 is 0 Å². The van der Waals surface area contributed by atoms with E-state index in [0.29, 0.717) is 0 Å². The summed E-state index contributed by atoms with van der Waals surface area (Å²) in [6.07, 6.45) is 0. The van der Waals surface area contributed by atoms with Gasteiger partial charge in [0.25, 0.3) is 0 Å². The molecular formula is C30H18ClNS3. The Kier molecular flexibility index (Phi) is 5.29. The zero-order valence-corrected chi connectivity index (χ0v) is 21.6. The molecule has 1 nitrogen and oxygen atoms in total. The summed E-state index contributed by atoms with van der Waals surface area (Å²) in [7, 11) is 0. The summed E-state index contributed by atoms with van der Waals surface area (Å²) in [6.45, 7) is 0. The van der Waals surface area contributed by atoms with E-state index < -0.39 is 0 Å². The Hall–Kier alpha value is -2.89. The SMILES string of the molecule is Clc1cc(N(c2ccccc2)c2ccc3c(c2)Sc2ccccc2S3)c2c(c1)sc1ccccc12. The van der Waals surface area contributed by atoms with Crippen LogP contribution in [0.3, 0.4) is 0 Å². The van der Waals surface area contributed by atoms with Gasteiger partial charge >= 0.3 is 0 Å². The molecule has 0 saturated heterocycles. The zero-order valence-electron chi connectivity index (χ0n) is 18.4. The number of anilines is 3. The summed E-state index contributed by atoms with van der Waals surface area (Å²) in [5, 5.41) is 3.25. The summed E-state index contributed by atoms with van der Waals surface area (Å²) in [6, 6.07) is 38.8. The van der Waals surface area contributed by atoms with Crippen LogP contribution in [-0.4, -0.2) is 0 Å². The van der Waals surface area contributed by atoms with Gasteiger partial charge in [0.05, 0.1) is 5.69 Å². The van der Waals surface area contributed by atoms with E-state index in [1.165, 1.54) is 39.8 Å². The molecule has 0 atom stereocenters. The molecule has 5 heteroatoms. The summed E-state index contributed by atoms with van der Waals surface area (Å²) >= 11 is 12.2. The number of halogens is 1. The lowest BCUT2D eigenvalue weighted by Crippen LogP contribution is -2.10. The van der Waals surface area contributed by atoms with E-state index in [1.807, 2.05) is 23.5 Å². The second kappa shape index (κ2) is 8.65. The number of hydrogen-bond donors (Lipinski definition) is 0. The molecule has 1 aliphatic rings. The molecule has 5 aromatic carbocycles. The van der Waals surface area contributed by atoms with Crippen molar-refractivity contribution in [1.82, 2.24) is 0 Å². The van der Waals surface area contributed by atoms with E-state index in [1.54, 1.807) is 11.3 Å². The highest BCUT2D eigenvalue weighted by Crippen LogP contribution is 2.51. The molecule has 7 rings (SSSR count). The summed E-state index contributed by atoms with van der Waals surface area (Å²) in [4.78, 5) is 7.55. The van der Waals surface area contributed by atoms with Crippen molar-refractivity contribution >= 4 is 83.7 Å². The first-order chi connectivity index (χ1) is 17.2. The Balaban J connectivity index is 1.46. The molecule has 6 aromatic rings. The Morgan fingerprint density at radius 1 is 0.543 bits per heavy atom. The van der Waals surface area contributed by atoms with Crippen molar-refractivity contribution in [2.75, 3.05) is 4.90 Å². The van der Waals surface area contributed by atoms with Gasteiger partial charge in [-0.3, -0.25) is 0 Å². The van der Waals surface area contributed by atoms with E-state index in [0.717, 1.165) is 22.1 Å². The fourth-order valence-corrected chi connectivity index (χ4v) is 8.33. The van der Waals surface area contributed by atoms with Crippen LogP contribution in [-0.2, 0) is 0 Å². The van der Waals surface area contributed by atoms with Gasteiger partial charge in [-0.15, -0.1) is 11.3 Å². The minimum absolute atomic E-state index is 0.747. The van der Waals surface area contributed by atoms with Gasteiger partial charge in [0.1, 0.15) is 0 Å². The first-order valence-corrected chi connectivity index (χ1v) is 14.1. The summed E-state index contributed by atoms with van der Waals surface area (Å²) in [5.41, 5.74) is 3.34. The van der Waals surface area contributed by atoms with Gasteiger partial charge in [-0.1, -0.05) is 83.7 Å². The second-order valence-electron chi connectivity index (χ2n) is 8.35. The van der Waals surface area contributed by atoms with E-state index in [-0.39, 0.29) is 0 Å². The number of benzene rings is 5. The Labute approximate surface area is 221 Å². The van der Waals surface area contributed by atoms with E-state index in [2.05, 4.69) is 114 Å². The molecule has 0 unspecified atom stereocenters. The van der Waals surface area contributed by atoms with Gasteiger partial charge in [0.2, 0.25) is 0 Å². The summed E-state index contributed by atoms with van der Waals surface area (Å²) in [5.74, 6) is 0. The van der Waals surface area contributed by atoms with Crippen LogP contribution in [0.1, 0.15) is 0 Å². The maximum Gasteiger partial charge on any atom is 0.0569 e. The van der Waals surface area contributed by atoms with Crippen LogP contribution in [0.5, 0.6) is 0 Å². The van der Waals surface area contributed by atoms with Gasteiger partial charge in [-0.25, -0.2) is 0 Å². The van der Waals surface area contributed by atoms with E-state index in [4.69, 9.17) is 11.6 Å². The monoisotopic (exact) mass is 523 g/mol. The maximum atomic E-state index is 6.71. The number of thiophene rings is 1. The number of nitrogens with zero attached hydrogens (tertiary/aromatic N) is 1. The fourth-order valence-electron chi connectivity index (χ4n) is 4.64. The number of rotatable bonds is 3. The smallest absolute Gasteiger partial charge is 0.0569 e. The third-order valence-electron chi connectivity index (χ3n) is 6.15. The van der Waals surface area contributed by atoms with Gasteiger partial charge in [0.15, 0.2) is 0 Å². The predicted molar refractivity (Wildman–Crippen MR) is 154 cm³/mol. The van der Waals surface area contributed by atoms with Crippen molar-refractivity contribution in [3.05, 3.63) is 114 Å². The number of para-hydroxylation sites is 1. The van der Waals surface area contributed by atoms with Gasteiger partial charge < -0.3 is 4.90 Å². The molecule has 0 fully saturated rings. The average molecular weight is 524 g/mol. The molecular weight excluding hydrogens is 506 g/mol. The largest absolute Gasteiger partial charge is 0.310 e. The molecule has 168 valence electrons. The molecule has 0 saturated carbocycles. The van der Waals surface area contributed by atoms with Crippen molar-refractivity contribution in [2.24, 2.45) is 0 Å². The van der Waals surface area contributed by atoms with Crippen molar-refractivity contribution in [3.8, 4) is 0 Å². The van der Waals surface area contributed by atoms with Crippen LogP contribution in [0.15, 0.2) is 129 Å². The van der Waals surface area contributed by atoms with Gasteiger partial charge in [-0.05, 0) is 60.7 Å². The molecule has 2 heterocycles. The highest BCUT2D eigenvalue weighted by molar-refractivity contribution is 8.05. The lowest BCUT2D eigenvalue weighted by molar-refractivity contribution is 1.14. The lowest BCUT2D eigenvalue weighted by Gasteiger charge is -2.28. The normalized spacial score (nSPS) is 12.5. The predicted octanol–water partition coefficient (Wildman–Crippen LogP) is 10.8. The van der Waals surface area contributed by atoms with Gasteiger partial charge in [0, 0.05) is 56.2 Å². The molecule has 1 aliphatic heterocycles. The Bertz CT molecular complexity index is 1730. The molecule has 0 spiro atoms. The molecule has 0 amide bonds. The van der Waals surface area contributed by atoms with Crippen LogP contribution in [0.2, 0.25) is 5.02 Å². The molecule has 0 N–H and O–H groups in total. The standard InChI is InChI=1S/C30H18ClNS3/c31-19-16-23(30-22-10-4-5-11-24(22)33-29(30)17-19)32(20-8-2-1-3-9-20)21-14-15-27-28(18-21)35-26-13-7-6-12-25(26)34-27/h1-18H. The quantitative estimate of drug-likeness (QED) is 0.227. The number of fused-ring (bicyclic) bond motifs is 5. The van der Waals surface area contributed by atoms with Crippen molar-refractivity contribution < 1.29 is 0 Å². The average Bonchev–Trinajstić information content (AvgIpc) is 3.26. The van der Waals surface area contributed by atoms with E-state index in [9.17, 15) is 0 Å². The molecule has 35 heavy (non-hydrogen) atoms. The molecule has 0 bridgehead atoms. The van der Waals surface area contributed by atoms with Gasteiger partial charge in [-0.2, -0.15) is 0 Å². The summed E-state index contributed by atoms with van der Waals surface area (Å²) < 4.78 is 2.47. The minimum atomic E-state index is 0.747. The van der Waals surface area contributed by atoms with Crippen LogP contribution >= 0.6 is 46.5 Å². The fraction of sp³-hybridized carbons (Fsp3) is 0. The highest BCUT2D eigenvalue weighted by atomic mass is 35.5. The molecule has 0 aliphatic carbocycles. The third-order valence-corrected chi connectivity index (χ3v) is 10.0. The lowest BCUT2D eigenvalue weighted by atomic mass is 10.1. The maximum absolute atomic E-state index is 6.71. The third kappa shape index (κ3) is 3.73. The first kappa shape index (κ1) is 21.4. The minimum Gasteiger partial charge on any atom is -0.310 e. The Morgan fingerprint density at radius 3 is 2.06 bits per heavy atom. The Morgan fingerprint density at radius 2 is 1.23 bits per heavy atom. The molecule has 1 aromatic heterocycles. The van der Waals surface area contributed by atoms with Crippen molar-refractivity contribution in [3.63, 3.8) is 0 Å².